The van der Waals surface area contributed by atoms with Gasteiger partial charge in [0, 0.05) is 6.54 Å². The zero-order valence-corrected chi connectivity index (χ0v) is 6.35. The molecule has 0 aromatic carbocycles. The van der Waals surface area contributed by atoms with Crippen LogP contribution in [-0.2, 0) is 0 Å². The van der Waals surface area contributed by atoms with E-state index in [-0.39, 0.29) is 0 Å². The van der Waals surface area contributed by atoms with Gasteiger partial charge in [-0.3, -0.25) is 4.90 Å². The van der Waals surface area contributed by atoms with Crippen LogP contribution in [-0.4, -0.2) is 31.0 Å². The Kier molecular flexibility index (Phi) is 2.24. The molecule has 10 heavy (non-hydrogen) atoms. The number of hydrogen-bond donors (Lipinski definition) is 0. The van der Waals surface area contributed by atoms with E-state index in [4.69, 9.17) is 0 Å². The first kappa shape index (κ1) is 7.92. The summed E-state index contributed by atoms with van der Waals surface area (Å²) in [6, 6.07) is -0.491. The van der Waals surface area contributed by atoms with Crippen LogP contribution in [0.4, 0.5) is 8.78 Å². The number of likely N-dealkylation sites (tertiary alicyclic amines) is 1. The van der Waals surface area contributed by atoms with E-state index in [1.807, 2.05) is 6.92 Å². The van der Waals surface area contributed by atoms with Gasteiger partial charge in [0.05, 0.1) is 6.04 Å². The number of alkyl halides is 2. The Hall–Kier alpha value is -0.180. The van der Waals surface area contributed by atoms with Crippen molar-refractivity contribution in [3.8, 4) is 0 Å². The second-order valence-electron chi connectivity index (χ2n) is 3.18. The molecule has 0 bridgehead atoms. The SMILES string of the molecule is C[C@H]1CC(C(F)F)N(C)C1. The summed E-state index contributed by atoms with van der Waals surface area (Å²) in [5, 5.41) is 0. The maximum absolute atomic E-state index is 12.1. The molecule has 1 fully saturated rings. The Morgan fingerprint density at radius 1 is 1.50 bits per heavy atom. The summed E-state index contributed by atoms with van der Waals surface area (Å²) in [5.41, 5.74) is 0. The highest BCUT2D eigenvalue weighted by atomic mass is 19.3. The highest BCUT2D eigenvalue weighted by Gasteiger charge is 2.32. The molecule has 0 radical (unpaired) electrons. The number of halogens is 2. The second-order valence-corrected chi connectivity index (χ2v) is 3.18. The summed E-state index contributed by atoms with van der Waals surface area (Å²) in [6.07, 6.45) is -1.52. The zero-order valence-electron chi connectivity index (χ0n) is 6.35. The van der Waals surface area contributed by atoms with Gasteiger partial charge in [0.25, 0.3) is 6.43 Å². The van der Waals surface area contributed by atoms with Gasteiger partial charge in [-0.05, 0) is 19.4 Å². The average Bonchev–Trinajstić information content (AvgIpc) is 2.10. The van der Waals surface area contributed by atoms with Crippen LogP contribution in [0.15, 0.2) is 0 Å². The second kappa shape index (κ2) is 2.82. The summed E-state index contributed by atoms with van der Waals surface area (Å²) < 4.78 is 24.2. The van der Waals surface area contributed by atoms with Crippen LogP contribution in [0, 0.1) is 5.92 Å². The van der Waals surface area contributed by atoms with Crippen molar-refractivity contribution in [1.82, 2.24) is 4.90 Å². The van der Waals surface area contributed by atoms with Crippen molar-refractivity contribution in [1.29, 1.82) is 0 Å². The molecule has 0 aromatic heterocycles. The minimum atomic E-state index is -2.17. The third-order valence-electron chi connectivity index (χ3n) is 2.10. The van der Waals surface area contributed by atoms with E-state index in [1.54, 1.807) is 11.9 Å². The van der Waals surface area contributed by atoms with Crippen LogP contribution in [0.2, 0.25) is 0 Å². The first-order valence-electron chi connectivity index (χ1n) is 3.59. The van der Waals surface area contributed by atoms with Gasteiger partial charge in [0.1, 0.15) is 0 Å². The standard InChI is InChI=1S/C7H13F2N/c1-5-3-6(7(8)9)10(2)4-5/h5-7H,3-4H2,1-2H3/t5-,6?/m0/s1. The number of hydrogen-bond acceptors (Lipinski definition) is 1. The largest absolute Gasteiger partial charge is 0.298 e. The Balaban J connectivity index is 2.46. The van der Waals surface area contributed by atoms with Crippen molar-refractivity contribution in [2.75, 3.05) is 13.6 Å². The molecule has 1 rings (SSSR count). The first-order chi connectivity index (χ1) is 4.61. The summed E-state index contributed by atoms with van der Waals surface area (Å²) in [6.45, 7) is 2.83. The maximum atomic E-state index is 12.1. The van der Waals surface area contributed by atoms with Gasteiger partial charge in [-0.15, -0.1) is 0 Å². The average molecular weight is 149 g/mol. The summed E-state index contributed by atoms with van der Waals surface area (Å²) in [5.74, 6) is 0.434. The molecular formula is C7H13F2N. The van der Waals surface area contributed by atoms with Crippen molar-refractivity contribution < 1.29 is 8.78 Å². The summed E-state index contributed by atoms with van der Waals surface area (Å²) in [7, 11) is 1.76. The minimum absolute atomic E-state index is 0.434. The van der Waals surface area contributed by atoms with Gasteiger partial charge in [0.2, 0.25) is 0 Å². The molecule has 1 heterocycles. The van der Waals surface area contributed by atoms with E-state index in [9.17, 15) is 8.78 Å². The molecular weight excluding hydrogens is 136 g/mol. The van der Waals surface area contributed by atoms with Gasteiger partial charge in [-0.2, -0.15) is 0 Å². The fourth-order valence-corrected chi connectivity index (χ4v) is 1.59. The monoisotopic (exact) mass is 149 g/mol. The zero-order chi connectivity index (χ0) is 7.72. The lowest BCUT2D eigenvalue weighted by Gasteiger charge is -2.17. The maximum Gasteiger partial charge on any atom is 0.253 e. The number of rotatable bonds is 1. The molecule has 0 N–H and O–H groups in total. The third-order valence-corrected chi connectivity index (χ3v) is 2.10. The van der Waals surface area contributed by atoms with Gasteiger partial charge < -0.3 is 0 Å². The predicted octanol–water partition coefficient (Wildman–Crippen LogP) is 1.59. The minimum Gasteiger partial charge on any atom is -0.298 e. The third kappa shape index (κ3) is 1.45. The fourth-order valence-electron chi connectivity index (χ4n) is 1.59. The Morgan fingerprint density at radius 3 is 2.30 bits per heavy atom. The van der Waals surface area contributed by atoms with Crippen molar-refractivity contribution in [3.05, 3.63) is 0 Å². The van der Waals surface area contributed by atoms with Gasteiger partial charge >= 0.3 is 0 Å². The van der Waals surface area contributed by atoms with Crippen LogP contribution in [0.25, 0.3) is 0 Å². The molecule has 1 saturated heterocycles. The summed E-state index contributed by atoms with van der Waals surface area (Å²) in [4.78, 5) is 1.75. The highest BCUT2D eigenvalue weighted by Crippen LogP contribution is 2.25. The molecule has 60 valence electrons. The Morgan fingerprint density at radius 2 is 2.10 bits per heavy atom. The smallest absolute Gasteiger partial charge is 0.253 e. The quantitative estimate of drug-likeness (QED) is 0.547. The van der Waals surface area contributed by atoms with Crippen molar-refractivity contribution >= 4 is 0 Å². The van der Waals surface area contributed by atoms with Gasteiger partial charge in [0.15, 0.2) is 0 Å². The van der Waals surface area contributed by atoms with E-state index in [2.05, 4.69) is 0 Å². The molecule has 0 aromatic rings. The molecule has 1 nitrogen and oxygen atoms in total. The van der Waals surface area contributed by atoms with Crippen molar-refractivity contribution in [2.45, 2.75) is 25.8 Å². The van der Waals surface area contributed by atoms with E-state index in [1.165, 1.54) is 0 Å². The lowest BCUT2D eigenvalue weighted by atomic mass is 10.1. The van der Waals surface area contributed by atoms with Crippen LogP contribution >= 0.6 is 0 Å². The lowest BCUT2D eigenvalue weighted by molar-refractivity contribution is 0.0588. The Labute approximate surface area is 60.0 Å². The first-order valence-corrected chi connectivity index (χ1v) is 3.59. The van der Waals surface area contributed by atoms with Gasteiger partial charge in [-0.25, -0.2) is 8.78 Å². The molecule has 1 aliphatic rings. The van der Waals surface area contributed by atoms with Crippen LogP contribution < -0.4 is 0 Å². The predicted molar refractivity (Wildman–Crippen MR) is 36.2 cm³/mol. The fraction of sp³-hybridized carbons (Fsp3) is 1.00. The topological polar surface area (TPSA) is 3.24 Å². The van der Waals surface area contributed by atoms with E-state index in [0.717, 1.165) is 6.54 Å². The molecule has 0 saturated carbocycles. The van der Waals surface area contributed by atoms with E-state index in [0.29, 0.717) is 12.3 Å². The lowest BCUT2D eigenvalue weighted by Crippen LogP contribution is -2.31. The van der Waals surface area contributed by atoms with E-state index < -0.39 is 12.5 Å². The molecule has 0 amide bonds. The van der Waals surface area contributed by atoms with Crippen LogP contribution in [0.1, 0.15) is 13.3 Å². The normalized spacial score (nSPS) is 35.7. The molecule has 0 aliphatic carbocycles. The molecule has 0 spiro atoms. The highest BCUT2D eigenvalue weighted by molar-refractivity contribution is 4.82. The molecule has 1 unspecified atom stereocenters. The molecule has 2 atom stereocenters. The summed E-state index contributed by atoms with van der Waals surface area (Å²) >= 11 is 0. The molecule has 3 heteroatoms. The Bertz CT molecular complexity index is 116. The van der Waals surface area contributed by atoms with E-state index >= 15 is 0 Å². The van der Waals surface area contributed by atoms with Gasteiger partial charge in [-0.1, -0.05) is 6.92 Å². The molecule has 1 aliphatic heterocycles. The van der Waals surface area contributed by atoms with Crippen LogP contribution in [0.5, 0.6) is 0 Å². The van der Waals surface area contributed by atoms with Crippen molar-refractivity contribution in [2.24, 2.45) is 5.92 Å². The van der Waals surface area contributed by atoms with Crippen molar-refractivity contribution in [3.63, 3.8) is 0 Å². The van der Waals surface area contributed by atoms with Crippen LogP contribution in [0.3, 0.4) is 0 Å². The number of nitrogens with zero attached hydrogens (tertiary/aromatic N) is 1.